The van der Waals surface area contributed by atoms with E-state index in [0.717, 1.165) is 5.56 Å². The Hall–Kier alpha value is -2.82. The summed E-state index contributed by atoms with van der Waals surface area (Å²) in [6, 6.07) is 11.3. The average Bonchev–Trinajstić information content (AvgIpc) is 2.54. The van der Waals surface area contributed by atoms with Crippen molar-refractivity contribution in [3.05, 3.63) is 59.2 Å². The molecule has 0 aliphatic heterocycles. The van der Waals surface area contributed by atoms with Gasteiger partial charge in [-0.25, -0.2) is 9.59 Å². The fraction of sp³-hybridized carbons (Fsp3) is 0.176. The Labute approximate surface area is 128 Å². The molecule has 5 nitrogen and oxygen atoms in total. The van der Waals surface area contributed by atoms with E-state index in [0.29, 0.717) is 17.1 Å². The first kappa shape index (κ1) is 15.6. The standard InChI is InChI=1S/C17H16O5/c1-11-4-6-12(7-5-11)16(18)22-17(19)13-8-9-14(20-2)15(10-13)21-3/h4-10H,1-3H3. The molecule has 0 fully saturated rings. The van der Waals surface area contributed by atoms with Crippen molar-refractivity contribution in [3.8, 4) is 11.5 Å². The van der Waals surface area contributed by atoms with Gasteiger partial charge in [-0.2, -0.15) is 0 Å². The number of hydrogen-bond donors (Lipinski definition) is 0. The highest BCUT2D eigenvalue weighted by molar-refractivity contribution is 6.02. The van der Waals surface area contributed by atoms with Gasteiger partial charge in [-0.15, -0.1) is 0 Å². The molecule has 0 aliphatic carbocycles. The molecule has 0 aliphatic rings. The summed E-state index contributed by atoms with van der Waals surface area (Å²) >= 11 is 0. The third-order valence-corrected chi connectivity index (χ3v) is 3.09. The monoisotopic (exact) mass is 300 g/mol. The maximum Gasteiger partial charge on any atom is 0.346 e. The average molecular weight is 300 g/mol. The van der Waals surface area contributed by atoms with Crippen LogP contribution in [0.3, 0.4) is 0 Å². The molecule has 0 radical (unpaired) electrons. The first-order chi connectivity index (χ1) is 10.5. The number of methoxy groups -OCH3 is 2. The Morgan fingerprint density at radius 3 is 1.91 bits per heavy atom. The molecule has 0 bridgehead atoms. The number of benzene rings is 2. The molecule has 0 N–H and O–H groups in total. The van der Waals surface area contributed by atoms with Crippen LogP contribution in [0, 0.1) is 6.92 Å². The van der Waals surface area contributed by atoms with Crippen molar-refractivity contribution in [3.63, 3.8) is 0 Å². The SMILES string of the molecule is COc1ccc(C(=O)OC(=O)c2ccc(C)cc2)cc1OC. The number of ether oxygens (including phenoxy) is 3. The second-order valence-electron chi connectivity index (χ2n) is 4.61. The predicted octanol–water partition coefficient (Wildman–Crippen LogP) is 3.01. The molecular weight excluding hydrogens is 284 g/mol. The van der Waals surface area contributed by atoms with Gasteiger partial charge in [0.1, 0.15) is 0 Å². The van der Waals surface area contributed by atoms with Gasteiger partial charge in [0.2, 0.25) is 0 Å². The number of carbonyl (C=O) groups excluding carboxylic acids is 2. The summed E-state index contributed by atoms with van der Waals surface area (Å²) in [5, 5.41) is 0. The lowest BCUT2D eigenvalue weighted by molar-refractivity contribution is 0.0397. The normalized spacial score (nSPS) is 9.95. The summed E-state index contributed by atoms with van der Waals surface area (Å²) in [7, 11) is 2.96. The fourth-order valence-corrected chi connectivity index (χ4v) is 1.85. The van der Waals surface area contributed by atoms with Gasteiger partial charge in [-0.05, 0) is 37.3 Å². The smallest absolute Gasteiger partial charge is 0.346 e. The van der Waals surface area contributed by atoms with Gasteiger partial charge in [0.05, 0.1) is 25.3 Å². The van der Waals surface area contributed by atoms with Crippen molar-refractivity contribution < 1.29 is 23.8 Å². The van der Waals surface area contributed by atoms with Crippen LogP contribution in [0.25, 0.3) is 0 Å². The van der Waals surface area contributed by atoms with E-state index in [-0.39, 0.29) is 5.56 Å². The number of aryl methyl sites for hydroxylation is 1. The van der Waals surface area contributed by atoms with Crippen molar-refractivity contribution in [1.82, 2.24) is 0 Å². The Morgan fingerprint density at radius 2 is 1.32 bits per heavy atom. The number of rotatable bonds is 4. The molecular formula is C17H16O5. The highest BCUT2D eigenvalue weighted by Gasteiger charge is 2.16. The predicted molar refractivity (Wildman–Crippen MR) is 80.5 cm³/mol. The first-order valence-electron chi connectivity index (χ1n) is 6.60. The largest absolute Gasteiger partial charge is 0.493 e. The minimum absolute atomic E-state index is 0.207. The van der Waals surface area contributed by atoms with Gasteiger partial charge < -0.3 is 14.2 Å². The maximum atomic E-state index is 12.0. The van der Waals surface area contributed by atoms with Crippen molar-refractivity contribution in [2.45, 2.75) is 6.92 Å². The lowest BCUT2D eigenvalue weighted by Gasteiger charge is -2.09. The van der Waals surface area contributed by atoms with E-state index in [1.807, 2.05) is 6.92 Å². The Balaban J connectivity index is 2.15. The van der Waals surface area contributed by atoms with Crippen molar-refractivity contribution in [2.24, 2.45) is 0 Å². The van der Waals surface area contributed by atoms with E-state index in [1.165, 1.54) is 26.4 Å². The van der Waals surface area contributed by atoms with Crippen LogP contribution in [0.2, 0.25) is 0 Å². The summed E-state index contributed by atoms with van der Waals surface area (Å²) in [5.74, 6) is -0.560. The number of carbonyl (C=O) groups is 2. The van der Waals surface area contributed by atoms with E-state index < -0.39 is 11.9 Å². The minimum atomic E-state index is -0.744. The molecule has 0 saturated heterocycles. The molecule has 114 valence electrons. The molecule has 0 aromatic heterocycles. The molecule has 0 heterocycles. The van der Waals surface area contributed by atoms with Crippen LogP contribution in [-0.2, 0) is 4.74 Å². The zero-order valence-electron chi connectivity index (χ0n) is 12.6. The molecule has 0 amide bonds. The topological polar surface area (TPSA) is 61.8 Å². The Kier molecular flexibility index (Phi) is 4.78. The molecule has 2 aromatic rings. The second-order valence-corrected chi connectivity index (χ2v) is 4.61. The van der Waals surface area contributed by atoms with E-state index >= 15 is 0 Å². The van der Waals surface area contributed by atoms with Crippen LogP contribution in [0.4, 0.5) is 0 Å². The van der Waals surface area contributed by atoms with Crippen LogP contribution in [0.1, 0.15) is 26.3 Å². The van der Waals surface area contributed by atoms with E-state index in [4.69, 9.17) is 14.2 Å². The lowest BCUT2D eigenvalue weighted by atomic mass is 10.1. The van der Waals surface area contributed by atoms with Crippen molar-refractivity contribution >= 4 is 11.9 Å². The maximum absolute atomic E-state index is 12.0. The van der Waals surface area contributed by atoms with E-state index in [9.17, 15) is 9.59 Å². The van der Waals surface area contributed by atoms with Crippen molar-refractivity contribution in [1.29, 1.82) is 0 Å². The molecule has 0 spiro atoms. The molecule has 0 saturated carbocycles. The van der Waals surface area contributed by atoms with Gasteiger partial charge in [-0.3, -0.25) is 0 Å². The zero-order valence-corrected chi connectivity index (χ0v) is 12.6. The highest BCUT2D eigenvalue weighted by atomic mass is 16.6. The van der Waals surface area contributed by atoms with Crippen LogP contribution in [0.15, 0.2) is 42.5 Å². The molecule has 0 atom stereocenters. The lowest BCUT2D eigenvalue weighted by Crippen LogP contribution is -2.13. The molecule has 2 rings (SSSR count). The van der Waals surface area contributed by atoms with Gasteiger partial charge in [0.25, 0.3) is 0 Å². The van der Waals surface area contributed by atoms with Gasteiger partial charge in [0, 0.05) is 0 Å². The number of hydrogen-bond acceptors (Lipinski definition) is 5. The summed E-state index contributed by atoms with van der Waals surface area (Å²) < 4.78 is 15.1. The minimum Gasteiger partial charge on any atom is -0.493 e. The molecule has 0 unspecified atom stereocenters. The van der Waals surface area contributed by atoms with Crippen LogP contribution in [0.5, 0.6) is 11.5 Å². The first-order valence-corrected chi connectivity index (χ1v) is 6.60. The Morgan fingerprint density at radius 1 is 0.773 bits per heavy atom. The zero-order chi connectivity index (χ0) is 16.1. The highest BCUT2D eigenvalue weighted by Crippen LogP contribution is 2.27. The summed E-state index contributed by atoms with van der Waals surface area (Å²) in [6.45, 7) is 1.91. The van der Waals surface area contributed by atoms with Gasteiger partial charge in [0.15, 0.2) is 11.5 Å². The van der Waals surface area contributed by atoms with Gasteiger partial charge in [-0.1, -0.05) is 17.7 Å². The van der Waals surface area contributed by atoms with Gasteiger partial charge >= 0.3 is 11.9 Å². The van der Waals surface area contributed by atoms with Crippen LogP contribution in [-0.4, -0.2) is 26.2 Å². The van der Waals surface area contributed by atoms with E-state index in [1.54, 1.807) is 30.3 Å². The van der Waals surface area contributed by atoms with Crippen LogP contribution < -0.4 is 9.47 Å². The quantitative estimate of drug-likeness (QED) is 0.641. The fourth-order valence-electron chi connectivity index (χ4n) is 1.85. The Bertz CT molecular complexity index is 689. The molecule has 2 aromatic carbocycles. The molecule has 5 heteroatoms. The second kappa shape index (κ2) is 6.76. The summed E-state index contributed by atoms with van der Waals surface area (Å²) in [6.07, 6.45) is 0. The third kappa shape index (κ3) is 3.44. The van der Waals surface area contributed by atoms with Crippen LogP contribution >= 0.6 is 0 Å². The van der Waals surface area contributed by atoms with Crippen molar-refractivity contribution in [2.75, 3.05) is 14.2 Å². The number of esters is 2. The van der Waals surface area contributed by atoms with E-state index in [2.05, 4.69) is 0 Å². The molecule has 22 heavy (non-hydrogen) atoms. The third-order valence-electron chi connectivity index (χ3n) is 3.09. The summed E-state index contributed by atoms with van der Waals surface area (Å²) in [5.41, 5.74) is 1.54. The summed E-state index contributed by atoms with van der Waals surface area (Å²) in [4.78, 5) is 23.9.